The van der Waals surface area contributed by atoms with E-state index in [2.05, 4.69) is 30.9 Å². The average molecular weight is 466 g/mol. The van der Waals surface area contributed by atoms with Crippen LogP contribution >= 0.6 is 15.9 Å². The molecule has 4 nitrogen and oxygen atoms in total. The number of nitrogens with one attached hydrogen (secondary N) is 1. The van der Waals surface area contributed by atoms with Crippen molar-refractivity contribution in [1.82, 2.24) is 4.90 Å². The van der Waals surface area contributed by atoms with Crippen LogP contribution in [0.3, 0.4) is 0 Å². The van der Waals surface area contributed by atoms with Gasteiger partial charge in [0.05, 0.1) is 16.9 Å². The quantitative estimate of drug-likeness (QED) is 0.576. The number of benzene rings is 1. The van der Waals surface area contributed by atoms with Gasteiger partial charge in [-0.3, -0.25) is 0 Å². The smallest absolute Gasteiger partial charge is 0.397 e. The Morgan fingerprint density at radius 2 is 1.64 bits per heavy atom. The summed E-state index contributed by atoms with van der Waals surface area (Å²) in [5, 5.41) is 3.34. The molecule has 1 heterocycles. The summed E-state index contributed by atoms with van der Waals surface area (Å²) in [5.74, 6) is 0. The lowest BCUT2D eigenvalue weighted by Crippen LogP contribution is -2.45. The largest absolute Gasteiger partial charge is 0.417 e. The lowest BCUT2D eigenvalue weighted by atomic mass is 9.92. The summed E-state index contributed by atoms with van der Waals surface area (Å²) in [7, 11) is 3.25. The number of ether oxygens (including phenoxy) is 1. The number of nitrogen functional groups attached to an aromatic ring is 1. The fraction of sp³-hybridized carbons (Fsp3) is 0.700. The highest BCUT2D eigenvalue weighted by molar-refractivity contribution is 9.10. The molecule has 2 fully saturated rings. The Balaban J connectivity index is 0.000000878. The van der Waals surface area contributed by atoms with Crippen molar-refractivity contribution in [2.45, 2.75) is 63.2 Å². The van der Waals surface area contributed by atoms with Crippen molar-refractivity contribution < 1.29 is 17.9 Å². The Morgan fingerprint density at radius 3 is 2.18 bits per heavy atom. The van der Waals surface area contributed by atoms with Gasteiger partial charge in [-0.15, -0.1) is 0 Å². The van der Waals surface area contributed by atoms with Gasteiger partial charge in [-0.25, -0.2) is 0 Å². The van der Waals surface area contributed by atoms with Crippen molar-refractivity contribution in [3.8, 4) is 0 Å². The predicted octanol–water partition coefficient (Wildman–Crippen LogP) is 5.52. The molecule has 3 rings (SSSR count). The standard InChI is InChI=1S/C18H25BrF3N3.C2H6O/c19-15-11-17(16(23)10-14(15)18(20,21)22)24-12-6-8-25(9-7-12)13-4-2-1-3-5-13;1-3-2/h10-13,24H,1-9,23H2;1-2H3. The van der Waals surface area contributed by atoms with Crippen molar-refractivity contribution in [3.05, 3.63) is 22.2 Å². The van der Waals surface area contributed by atoms with Crippen LogP contribution in [-0.4, -0.2) is 44.3 Å². The molecule has 1 aliphatic heterocycles. The van der Waals surface area contributed by atoms with Crippen LogP contribution in [0.2, 0.25) is 0 Å². The van der Waals surface area contributed by atoms with Crippen molar-refractivity contribution in [3.63, 3.8) is 0 Å². The summed E-state index contributed by atoms with van der Waals surface area (Å²) in [6.07, 6.45) is 4.21. The second kappa shape index (κ2) is 10.7. The summed E-state index contributed by atoms with van der Waals surface area (Å²) >= 11 is 3.02. The maximum atomic E-state index is 12.9. The monoisotopic (exact) mass is 465 g/mol. The molecule has 0 unspecified atom stereocenters. The fourth-order valence-corrected chi connectivity index (χ4v) is 4.58. The van der Waals surface area contributed by atoms with Gasteiger partial charge in [0.1, 0.15) is 0 Å². The van der Waals surface area contributed by atoms with Gasteiger partial charge >= 0.3 is 6.18 Å². The minimum absolute atomic E-state index is 0.0244. The van der Waals surface area contributed by atoms with Gasteiger partial charge in [-0.05, 0) is 37.8 Å². The first-order valence-corrected chi connectivity index (χ1v) is 10.6. The average Bonchev–Trinajstić information content (AvgIpc) is 2.65. The first kappa shape index (κ1) is 23.3. The van der Waals surface area contributed by atoms with Gasteiger partial charge in [-0.1, -0.05) is 35.2 Å². The third-order valence-electron chi connectivity index (χ3n) is 5.42. The zero-order valence-corrected chi connectivity index (χ0v) is 18.2. The normalized spacial score (nSPS) is 19.8. The highest BCUT2D eigenvalue weighted by Gasteiger charge is 2.34. The Bertz CT molecular complexity index is 613. The van der Waals surface area contributed by atoms with Gasteiger partial charge in [0.2, 0.25) is 0 Å². The maximum absolute atomic E-state index is 12.9. The molecule has 0 amide bonds. The molecule has 2 aliphatic rings. The summed E-state index contributed by atoms with van der Waals surface area (Å²) in [4.78, 5) is 2.59. The molecule has 0 aromatic heterocycles. The first-order valence-electron chi connectivity index (χ1n) is 9.83. The van der Waals surface area contributed by atoms with E-state index in [1.165, 1.54) is 38.2 Å². The third-order valence-corrected chi connectivity index (χ3v) is 6.08. The van der Waals surface area contributed by atoms with E-state index in [1.807, 2.05) is 0 Å². The molecule has 3 N–H and O–H groups in total. The Labute approximate surface area is 174 Å². The van der Waals surface area contributed by atoms with E-state index in [4.69, 9.17) is 5.73 Å². The number of hydrogen-bond donors (Lipinski definition) is 2. The van der Waals surface area contributed by atoms with E-state index in [-0.39, 0.29) is 16.2 Å². The van der Waals surface area contributed by atoms with Gasteiger partial charge in [0, 0.05) is 43.9 Å². The minimum Gasteiger partial charge on any atom is -0.397 e. The lowest BCUT2D eigenvalue weighted by molar-refractivity contribution is -0.138. The number of likely N-dealkylation sites (tertiary alicyclic amines) is 1. The highest BCUT2D eigenvalue weighted by atomic mass is 79.9. The van der Waals surface area contributed by atoms with Crippen molar-refractivity contribution in [2.75, 3.05) is 38.4 Å². The fourth-order valence-electron chi connectivity index (χ4n) is 4.01. The van der Waals surface area contributed by atoms with Gasteiger partial charge in [-0.2, -0.15) is 13.2 Å². The summed E-state index contributed by atoms with van der Waals surface area (Å²) in [6.45, 7) is 2.09. The molecule has 160 valence electrons. The number of halogens is 4. The number of alkyl halides is 3. The van der Waals surface area contributed by atoms with Crippen LogP contribution in [0.15, 0.2) is 16.6 Å². The van der Waals surface area contributed by atoms with Crippen LogP contribution in [0.4, 0.5) is 24.5 Å². The van der Waals surface area contributed by atoms with Crippen LogP contribution in [0, 0.1) is 0 Å². The second-order valence-electron chi connectivity index (χ2n) is 7.57. The van der Waals surface area contributed by atoms with Crippen LogP contribution in [0.25, 0.3) is 0 Å². The Morgan fingerprint density at radius 1 is 1.07 bits per heavy atom. The molecular weight excluding hydrogens is 435 g/mol. The van der Waals surface area contributed by atoms with Gasteiger partial charge < -0.3 is 20.7 Å². The van der Waals surface area contributed by atoms with E-state index in [1.54, 1.807) is 14.2 Å². The van der Waals surface area contributed by atoms with E-state index < -0.39 is 11.7 Å². The van der Waals surface area contributed by atoms with Crippen LogP contribution in [0.1, 0.15) is 50.5 Å². The minimum atomic E-state index is -4.41. The molecule has 8 heteroatoms. The van der Waals surface area contributed by atoms with E-state index >= 15 is 0 Å². The Kier molecular flexibility index (Phi) is 8.89. The molecule has 28 heavy (non-hydrogen) atoms. The first-order chi connectivity index (χ1) is 13.3. The maximum Gasteiger partial charge on any atom is 0.417 e. The highest BCUT2D eigenvalue weighted by Crippen LogP contribution is 2.39. The van der Waals surface area contributed by atoms with Crippen LogP contribution in [0.5, 0.6) is 0 Å². The topological polar surface area (TPSA) is 50.5 Å². The number of rotatable bonds is 3. The molecule has 1 saturated carbocycles. The number of methoxy groups -OCH3 is 1. The van der Waals surface area contributed by atoms with Gasteiger partial charge in [0.25, 0.3) is 0 Å². The molecule has 0 bridgehead atoms. The second-order valence-corrected chi connectivity index (χ2v) is 8.43. The zero-order valence-electron chi connectivity index (χ0n) is 16.6. The molecule has 0 spiro atoms. The van der Waals surface area contributed by atoms with Gasteiger partial charge in [0.15, 0.2) is 0 Å². The molecule has 1 saturated heterocycles. The van der Waals surface area contributed by atoms with E-state index in [0.717, 1.165) is 38.0 Å². The molecule has 0 atom stereocenters. The summed E-state index contributed by atoms with van der Waals surface area (Å²) < 4.78 is 43.1. The number of piperidine rings is 1. The van der Waals surface area contributed by atoms with E-state index in [9.17, 15) is 13.2 Å². The van der Waals surface area contributed by atoms with Crippen molar-refractivity contribution >= 4 is 27.3 Å². The SMILES string of the molecule is COC.Nc1cc(C(F)(F)F)c(Br)cc1NC1CCN(C2CCCCC2)CC1. The van der Waals surface area contributed by atoms with Crippen molar-refractivity contribution in [1.29, 1.82) is 0 Å². The van der Waals surface area contributed by atoms with Crippen LogP contribution < -0.4 is 11.1 Å². The molecule has 1 aromatic rings. The molecule has 0 radical (unpaired) electrons. The number of nitrogens with two attached hydrogens (primary N) is 1. The number of nitrogens with zero attached hydrogens (tertiary/aromatic N) is 1. The number of hydrogen-bond acceptors (Lipinski definition) is 4. The lowest BCUT2D eigenvalue weighted by Gasteiger charge is -2.39. The molecular formula is C20H31BrF3N3O. The Hall–Kier alpha value is -0.990. The predicted molar refractivity (Wildman–Crippen MR) is 112 cm³/mol. The third kappa shape index (κ3) is 6.52. The number of anilines is 2. The van der Waals surface area contributed by atoms with Crippen LogP contribution in [-0.2, 0) is 10.9 Å². The summed E-state index contributed by atoms with van der Waals surface area (Å²) in [5.41, 5.74) is 5.84. The zero-order chi connectivity index (χ0) is 20.7. The van der Waals surface area contributed by atoms with Crippen molar-refractivity contribution in [2.24, 2.45) is 0 Å². The molecule has 1 aliphatic carbocycles. The summed E-state index contributed by atoms with van der Waals surface area (Å²) in [6, 6.07) is 3.43. The van der Waals surface area contributed by atoms with E-state index in [0.29, 0.717) is 5.69 Å². The molecule has 1 aromatic carbocycles.